The van der Waals surface area contributed by atoms with Gasteiger partial charge >= 0.3 is 0 Å². The van der Waals surface area contributed by atoms with Crippen LogP contribution in [-0.2, 0) is 13.0 Å². The first-order chi connectivity index (χ1) is 10.2. The number of benzene rings is 1. The van der Waals surface area contributed by atoms with E-state index in [-0.39, 0.29) is 24.4 Å². The number of carbonyl (C=O) groups is 1. The van der Waals surface area contributed by atoms with Crippen LogP contribution < -0.4 is 5.73 Å². The van der Waals surface area contributed by atoms with Crippen molar-refractivity contribution in [2.75, 3.05) is 6.54 Å². The first-order valence-corrected chi connectivity index (χ1v) is 7.42. The average molecular weight is 321 g/mol. The van der Waals surface area contributed by atoms with Crippen molar-refractivity contribution >= 4 is 18.3 Å². The van der Waals surface area contributed by atoms with E-state index in [0.29, 0.717) is 18.1 Å². The van der Waals surface area contributed by atoms with Gasteiger partial charge in [-0.15, -0.1) is 12.4 Å². The molecule has 2 heterocycles. The summed E-state index contributed by atoms with van der Waals surface area (Å²) in [5.41, 5.74) is 8.14. The van der Waals surface area contributed by atoms with Crippen LogP contribution in [0.1, 0.15) is 46.8 Å². The van der Waals surface area contributed by atoms with Crippen LogP contribution in [0.4, 0.5) is 0 Å². The molecule has 0 radical (unpaired) electrons. The van der Waals surface area contributed by atoms with Crippen LogP contribution in [0.25, 0.3) is 0 Å². The molecule has 118 valence electrons. The Morgan fingerprint density at radius 3 is 2.77 bits per heavy atom. The van der Waals surface area contributed by atoms with Gasteiger partial charge in [0.2, 0.25) is 0 Å². The molecule has 0 bridgehead atoms. The van der Waals surface area contributed by atoms with Crippen LogP contribution in [0, 0.1) is 0 Å². The van der Waals surface area contributed by atoms with Crippen molar-refractivity contribution in [1.82, 2.24) is 4.90 Å². The maximum Gasteiger partial charge on any atom is 0.290 e. The smallest absolute Gasteiger partial charge is 0.290 e. The van der Waals surface area contributed by atoms with Gasteiger partial charge in [-0.25, -0.2) is 0 Å². The molecule has 0 fully saturated rings. The van der Waals surface area contributed by atoms with Gasteiger partial charge in [-0.05, 0) is 36.1 Å². The molecule has 2 N–H and O–H groups in total. The topological polar surface area (TPSA) is 59.5 Å². The number of carbonyl (C=O) groups excluding carboxylic acids is 1. The molecule has 1 aromatic carbocycles. The molecule has 1 aliphatic rings. The predicted octanol–water partition coefficient (Wildman–Crippen LogP) is 3.31. The van der Waals surface area contributed by atoms with Crippen LogP contribution in [0.15, 0.2) is 40.8 Å². The van der Waals surface area contributed by atoms with Gasteiger partial charge in [-0.1, -0.05) is 31.2 Å². The van der Waals surface area contributed by atoms with E-state index in [1.54, 1.807) is 12.1 Å². The zero-order chi connectivity index (χ0) is 14.8. The Balaban J connectivity index is 0.00000176. The summed E-state index contributed by atoms with van der Waals surface area (Å²) in [6, 6.07) is 12.0. The minimum Gasteiger partial charge on any atom is -0.455 e. The van der Waals surface area contributed by atoms with Crippen LogP contribution in [0.5, 0.6) is 0 Å². The number of hydrogen-bond acceptors (Lipinski definition) is 3. The normalized spacial score (nSPS) is 16.8. The summed E-state index contributed by atoms with van der Waals surface area (Å²) in [6.07, 6.45) is 1.79. The lowest BCUT2D eigenvalue weighted by Gasteiger charge is -2.36. The van der Waals surface area contributed by atoms with E-state index < -0.39 is 0 Å². The summed E-state index contributed by atoms with van der Waals surface area (Å²) in [6.45, 7) is 3.15. The van der Waals surface area contributed by atoms with Crippen molar-refractivity contribution in [1.29, 1.82) is 0 Å². The maximum absolute atomic E-state index is 12.7. The number of furan rings is 1. The number of hydrogen-bond donors (Lipinski definition) is 1. The fourth-order valence-electron chi connectivity index (χ4n) is 3.08. The quantitative estimate of drug-likeness (QED) is 0.943. The van der Waals surface area contributed by atoms with Gasteiger partial charge in [-0.2, -0.15) is 0 Å². The number of amides is 1. The highest BCUT2D eigenvalue weighted by atomic mass is 35.5. The molecule has 0 aliphatic carbocycles. The molecule has 1 unspecified atom stereocenters. The van der Waals surface area contributed by atoms with Gasteiger partial charge in [0.15, 0.2) is 5.76 Å². The summed E-state index contributed by atoms with van der Waals surface area (Å²) in [4.78, 5) is 14.6. The molecule has 3 rings (SSSR count). The Kier molecular flexibility index (Phi) is 5.27. The van der Waals surface area contributed by atoms with E-state index in [9.17, 15) is 4.79 Å². The van der Waals surface area contributed by atoms with Crippen LogP contribution >= 0.6 is 12.4 Å². The number of nitrogens with zero attached hydrogens (tertiary/aromatic N) is 1. The second-order valence-corrected chi connectivity index (χ2v) is 5.34. The summed E-state index contributed by atoms with van der Waals surface area (Å²) < 4.78 is 5.51. The van der Waals surface area contributed by atoms with Crippen LogP contribution in [0.2, 0.25) is 0 Å². The van der Waals surface area contributed by atoms with Crippen LogP contribution in [0.3, 0.4) is 0 Å². The van der Waals surface area contributed by atoms with E-state index in [2.05, 4.69) is 25.1 Å². The molecule has 0 saturated carbocycles. The summed E-state index contributed by atoms with van der Waals surface area (Å²) >= 11 is 0. The lowest BCUT2D eigenvalue weighted by Crippen LogP contribution is -2.39. The van der Waals surface area contributed by atoms with Crippen molar-refractivity contribution < 1.29 is 9.21 Å². The standard InChI is InChI=1S/C17H20N2O2.ClH/c1-2-15-14-6-4-3-5-12(14)9-10-19(15)17(20)16-8-7-13(11-18)21-16;/h3-8,15H,2,9-11,18H2,1H3;1H. The highest BCUT2D eigenvalue weighted by Crippen LogP contribution is 2.33. The molecule has 4 nitrogen and oxygen atoms in total. The Morgan fingerprint density at radius 1 is 1.32 bits per heavy atom. The van der Waals surface area contributed by atoms with Gasteiger partial charge < -0.3 is 15.1 Å². The summed E-state index contributed by atoms with van der Waals surface area (Å²) in [5.74, 6) is 0.980. The van der Waals surface area contributed by atoms with Gasteiger partial charge in [0, 0.05) is 6.54 Å². The Hall–Kier alpha value is -1.78. The molecule has 1 aliphatic heterocycles. The third kappa shape index (κ3) is 2.89. The van der Waals surface area contributed by atoms with E-state index in [0.717, 1.165) is 19.4 Å². The molecular weight excluding hydrogens is 300 g/mol. The lowest BCUT2D eigenvalue weighted by atomic mass is 9.91. The van der Waals surface area contributed by atoms with E-state index >= 15 is 0 Å². The zero-order valence-electron chi connectivity index (χ0n) is 12.6. The van der Waals surface area contributed by atoms with Crippen molar-refractivity contribution in [3.63, 3.8) is 0 Å². The SMILES string of the molecule is CCC1c2ccccc2CCN1C(=O)c1ccc(CN)o1.Cl. The monoisotopic (exact) mass is 320 g/mol. The molecule has 5 heteroatoms. The lowest BCUT2D eigenvalue weighted by molar-refractivity contribution is 0.0621. The minimum absolute atomic E-state index is 0. The van der Waals surface area contributed by atoms with Gasteiger partial charge in [0.25, 0.3) is 5.91 Å². The molecule has 0 saturated heterocycles. The number of rotatable bonds is 3. The van der Waals surface area contributed by atoms with E-state index in [1.165, 1.54) is 11.1 Å². The predicted molar refractivity (Wildman–Crippen MR) is 88.1 cm³/mol. The van der Waals surface area contributed by atoms with Crippen molar-refractivity contribution in [3.05, 3.63) is 59.0 Å². The van der Waals surface area contributed by atoms with E-state index in [4.69, 9.17) is 10.2 Å². The Morgan fingerprint density at radius 2 is 2.09 bits per heavy atom. The fraction of sp³-hybridized carbons (Fsp3) is 0.353. The molecular formula is C17H21ClN2O2. The average Bonchev–Trinajstić information content (AvgIpc) is 3.02. The third-order valence-corrected chi connectivity index (χ3v) is 4.13. The largest absolute Gasteiger partial charge is 0.455 e. The molecule has 1 atom stereocenters. The second-order valence-electron chi connectivity index (χ2n) is 5.34. The minimum atomic E-state index is -0.0453. The number of halogens is 1. The van der Waals surface area contributed by atoms with Gasteiger partial charge in [0.05, 0.1) is 12.6 Å². The third-order valence-electron chi connectivity index (χ3n) is 4.13. The summed E-state index contributed by atoms with van der Waals surface area (Å²) in [7, 11) is 0. The van der Waals surface area contributed by atoms with E-state index in [1.807, 2.05) is 11.0 Å². The number of fused-ring (bicyclic) bond motifs is 1. The van der Waals surface area contributed by atoms with Gasteiger partial charge in [-0.3, -0.25) is 4.79 Å². The van der Waals surface area contributed by atoms with Crippen LogP contribution in [-0.4, -0.2) is 17.4 Å². The first kappa shape index (κ1) is 16.6. The van der Waals surface area contributed by atoms with Gasteiger partial charge in [0.1, 0.15) is 5.76 Å². The fourth-order valence-corrected chi connectivity index (χ4v) is 3.08. The van der Waals surface area contributed by atoms with Crippen molar-refractivity contribution in [2.24, 2.45) is 5.73 Å². The molecule has 22 heavy (non-hydrogen) atoms. The maximum atomic E-state index is 12.7. The molecule has 0 spiro atoms. The number of nitrogens with two attached hydrogens (primary N) is 1. The van der Waals surface area contributed by atoms with Crippen molar-refractivity contribution in [2.45, 2.75) is 32.4 Å². The molecule has 1 amide bonds. The molecule has 2 aromatic rings. The second kappa shape index (κ2) is 6.99. The Bertz CT molecular complexity index is 654. The summed E-state index contributed by atoms with van der Waals surface area (Å²) in [5, 5.41) is 0. The zero-order valence-corrected chi connectivity index (χ0v) is 13.4. The highest BCUT2D eigenvalue weighted by molar-refractivity contribution is 5.92. The van der Waals surface area contributed by atoms with Crippen molar-refractivity contribution in [3.8, 4) is 0 Å². The Labute approximate surface area is 136 Å². The highest BCUT2D eigenvalue weighted by Gasteiger charge is 2.31. The first-order valence-electron chi connectivity index (χ1n) is 7.42. The molecule has 1 aromatic heterocycles.